The first-order valence-electron chi connectivity index (χ1n) is 4.24. The van der Waals surface area contributed by atoms with Crippen LogP contribution in [0.5, 0.6) is 0 Å². The number of carbonyl (C=O) groups excluding carboxylic acids is 2. The van der Waals surface area contributed by atoms with Gasteiger partial charge >= 0.3 is 11.9 Å². The number of amides is 1. The van der Waals surface area contributed by atoms with Gasteiger partial charge in [0.15, 0.2) is 0 Å². The van der Waals surface area contributed by atoms with E-state index >= 15 is 0 Å². The van der Waals surface area contributed by atoms with Crippen LogP contribution >= 0.6 is 0 Å². The van der Waals surface area contributed by atoms with Gasteiger partial charge in [-0.2, -0.15) is 0 Å². The van der Waals surface area contributed by atoms with Crippen LogP contribution in [0.4, 0.5) is 0 Å². The summed E-state index contributed by atoms with van der Waals surface area (Å²) in [6.45, 7) is 3.94. The van der Waals surface area contributed by atoms with Gasteiger partial charge in [0, 0.05) is 13.1 Å². The van der Waals surface area contributed by atoms with Gasteiger partial charge in [-0.3, -0.25) is 4.79 Å². The molecule has 0 saturated carbocycles. The van der Waals surface area contributed by atoms with E-state index < -0.39 is 11.9 Å². The Bertz CT molecular complexity index is 181. The van der Waals surface area contributed by atoms with Gasteiger partial charge in [0.05, 0.1) is 13.2 Å². The fourth-order valence-corrected chi connectivity index (χ4v) is 0.846. The highest BCUT2D eigenvalue weighted by molar-refractivity contribution is 6.32. The third-order valence-electron chi connectivity index (χ3n) is 1.49. The summed E-state index contributed by atoms with van der Waals surface area (Å²) in [6, 6.07) is 0. The van der Waals surface area contributed by atoms with Crippen LogP contribution in [0.25, 0.3) is 0 Å². The van der Waals surface area contributed by atoms with Gasteiger partial charge in [-0.05, 0) is 13.8 Å². The number of hydrogen-bond donors (Lipinski definition) is 1. The average molecular weight is 189 g/mol. The zero-order valence-electron chi connectivity index (χ0n) is 7.95. The largest absolute Gasteiger partial charge is 0.459 e. The molecule has 76 valence electrons. The fraction of sp³-hybridized carbons (Fsp3) is 0.750. The van der Waals surface area contributed by atoms with Gasteiger partial charge in [-0.25, -0.2) is 4.79 Å². The Hall–Kier alpha value is -1.10. The summed E-state index contributed by atoms with van der Waals surface area (Å²) in [5.74, 6) is -1.56. The quantitative estimate of drug-likeness (QED) is 0.473. The van der Waals surface area contributed by atoms with Crippen molar-refractivity contribution in [1.29, 1.82) is 0 Å². The second-order valence-electron chi connectivity index (χ2n) is 2.33. The maximum atomic E-state index is 11.2. The number of aliphatic hydroxyl groups excluding tert-OH is 1. The minimum atomic E-state index is -0.863. The molecule has 13 heavy (non-hydrogen) atoms. The highest BCUT2D eigenvalue weighted by Gasteiger charge is 2.20. The molecular weight excluding hydrogens is 174 g/mol. The first kappa shape index (κ1) is 11.9. The molecule has 0 aliphatic heterocycles. The predicted molar refractivity (Wildman–Crippen MR) is 46.0 cm³/mol. The smallest absolute Gasteiger partial charge is 0.397 e. The summed E-state index contributed by atoms with van der Waals surface area (Å²) in [4.78, 5) is 23.4. The van der Waals surface area contributed by atoms with Crippen molar-refractivity contribution in [2.45, 2.75) is 13.8 Å². The number of ether oxygens (including phenoxy) is 1. The van der Waals surface area contributed by atoms with Crippen molar-refractivity contribution < 1.29 is 19.4 Å². The lowest BCUT2D eigenvalue weighted by molar-refractivity contribution is -0.160. The topological polar surface area (TPSA) is 66.8 Å². The molecule has 1 amide bonds. The van der Waals surface area contributed by atoms with E-state index in [2.05, 4.69) is 4.74 Å². The molecule has 0 fully saturated rings. The van der Waals surface area contributed by atoms with Crippen LogP contribution in [0.3, 0.4) is 0 Å². The summed E-state index contributed by atoms with van der Waals surface area (Å²) < 4.78 is 4.52. The van der Waals surface area contributed by atoms with Gasteiger partial charge in [0.2, 0.25) is 0 Å². The standard InChI is InChI=1S/C8H15NO4/c1-3-9(5-6-10)7(11)8(12)13-4-2/h10H,3-6H2,1-2H3. The second-order valence-corrected chi connectivity index (χ2v) is 2.33. The molecule has 0 saturated heterocycles. The van der Waals surface area contributed by atoms with Crippen LogP contribution in [0.15, 0.2) is 0 Å². The summed E-state index contributed by atoms with van der Waals surface area (Å²) in [6.07, 6.45) is 0. The molecule has 0 bridgehead atoms. The monoisotopic (exact) mass is 189 g/mol. The Kier molecular flexibility index (Phi) is 5.88. The molecule has 0 aromatic rings. The van der Waals surface area contributed by atoms with Crippen molar-refractivity contribution in [2.24, 2.45) is 0 Å². The van der Waals surface area contributed by atoms with Crippen LogP contribution in [0.2, 0.25) is 0 Å². The minimum absolute atomic E-state index is 0.154. The van der Waals surface area contributed by atoms with E-state index in [0.717, 1.165) is 0 Å². The Morgan fingerprint density at radius 1 is 1.38 bits per heavy atom. The molecule has 0 heterocycles. The Labute approximate surface area is 77.3 Å². The normalized spacial score (nSPS) is 9.46. The first-order chi connectivity index (χ1) is 6.17. The number of likely N-dealkylation sites (N-methyl/N-ethyl adjacent to an activating group) is 1. The van der Waals surface area contributed by atoms with Crippen molar-refractivity contribution in [2.75, 3.05) is 26.3 Å². The molecular formula is C8H15NO4. The molecule has 0 aliphatic carbocycles. The lowest BCUT2D eigenvalue weighted by Crippen LogP contribution is -2.39. The zero-order valence-corrected chi connectivity index (χ0v) is 7.95. The molecule has 0 aromatic carbocycles. The SMILES string of the molecule is CCOC(=O)C(=O)N(CC)CCO. The molecule has 0 spiro atoms. The lowest BCUT2D eigenvalue weighted by atomic mass is 10.4. The van der Waals surface area contributed by atoms with Crippen molar-refractivity contribution in [1.82, 2.24) is 4.90 Å². The summed E-state index contributed by atoms with van der Waals surface area (Å²) in [5, 5.41) is 8.58. The van der Waals surface area contributed by atoms with Crippen LogP contribution in [0.1, 0.15) is 13.8 Å². The molecule has 5 nitrogen and oxygen atoms in total. The number of hydrogen-bond acceptors (Lipinski definition) is 4. The molecule has 0 unspecified atom stereocenters. The zero-order chi connectivity index (χ0) is 10.3. The fourth-order valence-electron chi connectivity index (χ4n) is 0.846. The number of esters is 1. The Morgan fingerprint density at radius 3 is 2.38 bits per heavy atom. The highest BCUT2D eigenvalue weighted by Crippen LogP contribution is 1.91. The highest BCUT2D eigenvalue weighted by atomic mass is 16.5. The van der Waals surface area contributed by atoms with E-state index in [1.807, 2.05) is 0 Å². The van der Waals surface area contributed by atoms with E-state index in [0.29, 0.717) is 6.54 Å². The van der Waals surface area contributed by atoms with Crippen molar-refractivity contribution >= 4 is 11.9 Å². The molecule has 0 aliphatic rings. The lowest BCUT2D eigenvalue weighted by Gasteiger charge is -2.17. The van der Waals surface area contributed by atoms with Crippen LogP contribution < -0.4 is 0 Å². The average Bonchev–Trinajstić information content (AvgIpc) is 2.13. The van der Waals surface area contributed by atoms with Gasteiger partial charge in [0.1, 0.15) is 0 Å². The maximum absolute atomic E-state index is 11.2. The number of nitrogens with zero attached hydrogens (tertiary/aromatic N) is 1. The van der Waals surface area contributed by atoms with Crippen molar-refractivity contribution in [3.8, 4) is 0 Å². The second kappa shape index (κ2) is 6.42. The van der Waals surface area contributed by atoms with E-state index in [1.165, 1.54) is 4.90 Å². The van der Waals surface area contributed by atoms with E-state index in [4.69, 9.17) is 5.11 Å². The maximum Gasteiger partial charge on any atom is 0.397 e. The van der Waals surface area contributed by atoms with E-state index in [-0.39, 0.29) is 19.8 Å². The van der Waals surface area contributed by atoms with Gasteiger partial charge in [0.25, 0.3) is 0 Å². The van der Waals surface area contributed by atoms with Gasteiger partial charge < -0.3 is 14.7 Å². The summed E-state index contributed by atoms with van der Waals surface area (Å²) >= 11 is 0. The number of rotatable bonds is 4. The molecule has 0 atom stereocenters. The van der Waals surface area contributed by atoms with E-state index in [1.54, 1.807) is 13.8 Å². The molecule has 5 heteroatoms. The molecule has 0 rings (SSSR count). The van der Waals surface area contributed by atoms with Crippen LogP contribution in [0, 0.1) is 0 Å². The number of aliphatic hydroxyl groups is 1. The van der Waals surface area contributed by atoms with E-state index in [9.17, 15) is 9.59 Å². The third kappa shape index (κ3) is 3.89. The molecule has 1 N–H and O–H groups in total. The van der Waals surface area contributed by atoms with Crippen molar-refractivity contribution in [3.63, 3.8) is 0 Å². The molecule has 0 aromatic heterocycles. The summed E-state index contributed by atoms with van der Waals surface area (Å²) in [7, 11) is 0. The number of carbonyl (C=O) groups is 2. The van der Waals surface area contributed by atoms with Gasteiger partial charge in [-0.1, -0.05) is 0 Å². The molecule has 0 radical (unpaired) electrons. The third-order valence-corrected chi connectivity index (χ3v) is 1.49. The predicted octanol–water partition coefficient (Wildman–Crippen LogP) is -0.610. The minimum Gasteiger partial charge on any atom is -0.459 e. The Morgan fingerprint density at radius 2 is 2.00 bits per heavy atom. The summed E-state index contributed by atoms with van der Waals surface area (Å²) in [5.41, 5.74) is 0. The van der Waals surface area contributed by atoms with Gasteiger partial charge in [-0.15, -0.1) is 0 Å². The van der Waals surface area contributed by atoms with Crippen molar-refractivity contribution in [3.05, 3.63) is 0 Å². The van der Waals surface area contributed by atoms with Crippen LogP contribution in [-0.2, 0) is 14.3 Å². The first-order valence-corrected chi connectivity index (χ1v) is 4.24. The Balaban J connectivity index is 4.11. The van der Waals surface area contributed by atoms with Crippen LogP contribution in [-0.4, -0.2) is 48.2 Å².